The minimum atomic E-state index is 0.332. The Labute approximate surface area is 122 Å². The second-order valence-corrected chi connectivity index (χ2v) is 5.05. The van der Waals surface area contributed by atoms with Crippen LogP contribution in [-0.2, 0) is 0 Å². The summed E-state index contributed by atoms with van der Waals surface area (Å²) in [5, 5.41) is 20.4. The largest absolute Gasteiger partial charge is 0.367 e. The van der Waals surface area contributed by atoms with Crippen molar-refractivity contribution in [1.82, 2.24) is 20.2 Å². The summed E-state index contributed by atoms with van der Waals surface area (Å²) in [6.07, 6.45) is 3.10. The maximum Gasteiger partial charge on any atom is 0.182 e. The maximum atomic E-state index is 8.95. The molecule has 1 aliphatic rings. The van der Waals surface area contributed by atoms with Gasteiger partial charge in [0, 0.05) is 37.9 Å². The summed E-state index contributed by atoms with van der Waals surface area (Å²) in [6, 6.07) is 5.98. The van der Waals surface area contributed by atoms with E-state index in [1.165, 1.54) is 6.20 Å². The molecule has 1 aliphatic heterocycles. The van der Waals surface area contributed by atoms with E-state index < -0.39 is 0 Å². The fraction of sp³-hybridized carbons (Fsp3) is 0.357. The molecule has 0 bridgehead atoms. The van der Waals surface area contributed by atoms with Crippen LogP contribution in [0.2, 0.25) is 0 Å². The molecule has 0 saturated carbocycles. The number of aromatic nitrogens is 4. The Kier molecular flexibility index (Phi) is 3.60. The van der Waals surface area contributed by atoms with Crippen LogP contribution in [0.25, 0.3) is 0 Å². The third-order valence-electron chi connectivity index (χ3n) is 3.43. The maximum absolute atomic E-state index is 8.95. The van der Waals surface area contributed by atoms with Crippen molar-refractivity contribution >= 4 is 11.6 Å². The number of rotatable bonds is 4. The van der Waals surface area contributed by atoms with Crippen molar-refractivity contribution in [3.8, 4) is 6.07 Å². The molecular weight excluding hydrogens is 266 g/mol. The molecule has 0 amide bonds. The third-order valence-corrected chi connectivity index (χ3v) is 3.43. The molecule has 3 heterocycles. The van der Waals surface area contributed by atoms with Gasteiger partial charge in [-0.1, -0.05) is 0 Å². The van der Waals surface area contributed by atoms with Gasteiger partial charge in [0.1, 0.15) is 6.07 Å². The number of hydrogen-bond donors (Lipinski definition) is 1. The van der Waals surface area contributed by atoms with Crippen molar-refractivity contribution in [2.24, 2.45) is 5.92 Å². The van der Waals surface area contributed by atoms with Gasteiger partial charge in [-0.15, -0.1) is 5.10 Å². The molecule has 2 aromatic rings. The number of nitriles is 1. The van der Waals surface area contributed by atoms with Crippen LogP contribution in [0.1, 0.15) is 11.4 Å². The van der Waals surface area contributed by atoms with Gasteiger partial charge in [0.15, 0.2) is 17.3 Å². The summed E-state index contributed by atoms with van der Waals surface area (Å²) in [4.78, 5) is 10.3. The predicted octanol–water partition coefficient (Wildman–Crippen LogP) is 0.995. The quantitative estimate of drug-likeness (QED) is 0.893. The summed E-state index contributed by atoms with van der Waals surface area (Å²) >= 11 is 0. The van der Waals surface area contributed by atoms with Crippen molar-refractivity contribution in [2.75, 3.05) is 29.9 Å². The van der Waals surface area contributed by atoms with Crippen LogP contribution in [-0.4, -0.2) is 39.8 Å². The molecular formula is C14H15N7. The highest BCUT2D eigenvalue weighted by Gasteiger charge is 2.27. The normalized spacial score (nSPS) is 14.4. The first-order valence-corrected chi connectivity index (χ1v) is 6.76. The van der Waals surface area contributed by atoms with Crippen LogP contribution in [0.4, 0.5) is 11.6 Å². The van der Waals surface area contributed by atoms with E-state index in [1.807, 2.05) is 25.1 Å². The lowest BCUT2D eigenvalue weighted by atomic mass is 10.0. The molecule has 2 aromatic heterocycles. The third kappa shape index (κ3) is 2.89. The average Bonchev–Trinajstić information content (AvgIpc) is 2.48. The van der Waals surface area contributed by atoms with E-state index in [0.717, 1.165) is 31.1 Å². The van der Waals surface area contributed by atoms with E-state index in [0.29, 0.717) is 17.4 Å². The van der Waals surface area contributed by atoms with Crippen molar-refractivity contribution < 1.29 is 0 Å². The van der Waals surface area contributed by atoms with Crippen LogP contribution in [0, 0.1) is 24.2 Å². The zero-order valence-electron chi connectivity index (χ0n) is 11.7. The first-order valence-electron chi connectivity index (χ1n) is 6.76. The smallest absolute Gasteiger partial charge is 0.182 e. The zero-order valence-corrected chi connectivity index (χ0v) is 11.7. The first-order chi connectivity index (χ1) is 10.3. The van der Waals surface area contributed by atoms with Crippen LogP contribution in [0.5, 0.6) is 0 Å². The van der Waals surface area contributed by atoms with Gasteiger partial charge >= 0.3 is 0 Å². The number of hydrogen-bond acceptors (Lipinski definition) is 7. The lowest BCUT2D eigenvalue weighted by Crippen LogP contribution is -2.50. The Hall–Kier alpha value is -2.75. The molecule has 3 rings (SSSR count). The lowest BCUT2D eigenvalue weighted by molar-refractivity contribution is 0.425. The molecule has 0 aliphatic carbocycles. The zero-order chi connectivity index (χ0) is 14.7. The van der Waals surface area contributed by atoms with E-state index in [2.05, 4.69) is 30.4 Å². The fourth-order valence-electron chi connectivity index (χ4n) is 2.24. The molecule has 7 nitrogen and oxygen atoms in total. The average molecular weight is 281 g/mol. The minimum Gasteiger partial charge on any atom is -0.367 e. The lowest BCUT2D eigenvalue weighted by Gasteiger charge is -2.40. The van der Waals surface area contributed by atoms with Crippen LogP contribution in [0.3, 0.4) is 0 Å². The van der Waals surface area contributed by atoms with Crippen molar-refractivity contribution in [1.29, 1.82) is 5.26 Å². The van der Waals surface area contributed by atoms with Gasteiger partial charge in [0.05, 0.1) is 5.69 Å². The minimum absolute atomic E-state index is 0.332. The Morgan fingerprint density at radius 1 is 1.29 bits per heavy atom. The van der Waals surface area contributed by atoms with Gasteiger partial charge < -0.3 is 10.2 Å². The summed E-state index contributed by atoms with van der Waals surface area (Å²) in [5.41, 5.74) is 1.25. The van der Waals surface area contributed by atoms with Crippen LogP contribution in [0.15, 0.2) is 24.5 Å². The van der Waals surface area contributed by atoms with Crippen LogP contribution >= 0.6 is 0 Å². The van der Waals surface area contributed by atoms with E-state index in [1.54, 1.807) is 6.20 Å². The number of nitrogens with zero attached hydrogens (tertiary/aromatic N) is 6. The molecule has 0 radical (unpaired) electrons. The van der Waals surface area contributed by atoms with E-state index >= 15 is 0 Å². The highest BCUT2D eigenvalue weighted by atomic mass is 15.3. The number of nitrogens with one attached hydrogen (secondary N) is 1. The van der Waals surface area contributed by atoms with E-state index in [4.69, 9.17) is 5.26 Å². The number of aryl methyl sites for hydroxylation is 1. The SMILES string of the molecule is Cc1ccc(N2CC(CNc3nccnc3C#N)C2)nn1. The molecule has 0 atom stereocenters. The summed E-state index contributed by atoms with van der Waals surface area (Å²) < 4.78 is 0. The fourth-order valence-corrected chi connectivity index (χ4v) is 2.24. The molecule has 1 fully saturated rings. The second-order valence-electron chi connectivity index (χ2n) is 5.05. The van der Waals surface area contributed by atoms with Crippen molar-refractivity contribution in [3.05, 3.63) is 35.9 Å². The Morgan fingerprint density at radius 3 is 2.81 bits per heavy atom. The van der Waals surface area contributed by atoms with Gasteiger partial charge in [-0.25, -0.2) is 9.97 Å². The summed E-state index contributed by atoms with van der Waals surface area (Å²) in [7, 11) is 0. The standard InChI is InChI=1S/C14H15N7/c1-10-2-3-13(20-19-10)21-8-11(9-21)7-18-14-12(6-15)16-4-5-17-14/h2-5,11H,7-9H2,1H3,(H,17,18). The van der Waals surface area contributed by atoms with Crippen LogP contribution < -0.4 is 10.2 Å². The molecule has 1 N–H and O–H groups in total. The predicted molar refractivity (Wildman–Crippen MR) is 77.7 cm³/mol. The molecule has 0 spiro atoms. The molecule has 21 heavy (non-hydrogen) atoms. The Bertz CT molecular complexity index is 656. The van der Waals surface area contributed by atoms with Gasteiger partial charge in [0.2, 0.25) is 0 Å². The topological polar surface area (TPSA) is 90.6 Å². The van der Waals surface area contributed by atoms with Gasteiger partial charge in [-0.2, -0.15) is 10.4 Å². The van der Waals surface area contributed by atoms with Gasteiger partial charge in [-0.3, -0.25) is 0 Å². The Balaban J connectivity index is 1.51. The summed E-state index contributed by atoms with van der Waals surface area (Å²) in [6.45, 7) is 4.54. The first kappa shape index (κ1) is 13.2. The van der Waals surface area contributed by atoms with E-state index in [9.17, 15) is 0 Å². The number of anilines is 2. The van der Waals surface area contributed by atoms with Crippen molar-refractivity contribution in [3.63, 3.8) is 0 Å². The molecule has 0 aromatic carbocycles. The Morgan fingerprint density at radius 2 is 2.10 bits per heavy atom. The van der Waals surface area contributed by atoms with Gasteiger partial charge in [0.25, 0.3) is 0 Å². The monoisotopic (exact) mass is 281 g/mol. The molecule has 7 heteroatoms. The molecule has 106 valence electrons. The summed E-state index contributed by atoms with van der Waals surface area (Å²) in [5.74, 6) is 1.96. The molecule has 0 unspecified atom stereocenters. The highest BCUT2D eigenvalue weighted by Crippen LogP contribution is 2.22. The van der Waals surface area contributed by atoms with Crippen molar-refractivity contribution in [2.45, 2.75) is 6.92 Å². The second kappa shape index (κ2) is 5.71. The van der Waals surface area contributed by atoms with E-state index in [-0.39, 0.29) is 0 Å². The highest BCUT2D eigenvalue weighted by molar-refractivity contribution is 5.47. The molecule has 1 saturated heterocycles. The van der Waals surface area contributed by atoms with Gasteiger partial charge in [-0.05, 0) is 19.1 Å².